The van der Waals surface area contributed by atoms with Crippen molar-refractivity contribution in [2.75, 3.05) is 7.11 Å². The Balaban J connectivity index is 2.16. The number of rotatable bonds is 5. The van der Waals surface area contributed by atoms with Crippen molar-refractivity contribution < 1.29 is 4.74 Å². The lowest BCUT2D eigenvalue weighted by Crippen LogP contribution is -2.29. The van der Waals surface area contributed by atoms with Gasteiger partial charge in [0.25, 0.3) is 0 Å². The molecule has 1 aromatic carbocycles. The average Bonchev–Trinajstić information content (AvgIpc) is 2.48. The number of ether oxygens (including phenoxy) is 1. The SMILES string of the molecule is COc1ccc(CC(NN)c2ccc(C)c(C)c2)cn1. The van der Waals surface area contributed by atoms with Crippen LogP contribution in [0.25, 0.3) is 0 Å². The number of hydrogen-bond donors (Lipinski definition) is 2. The number of pyridine rings is 1. The van der Waals surface area contributed by atoms with Gasteiger partial charge in [-0.05, 0) is 42.5 Å². The number of nitrogens with two attached hydrogens (primary N) is 1. The molecule has 106 valence electrons. The van der Waals surface area contributed by atoms with Gasteiger partial charge in [-0.15, -0.1) is 0 Å². The van der Waals surface area contributed by atoms with Crippen LogP contribution in [-0.4, -0.2) is 12.1 Å². The van der Waals surface area contributed by atoms with E-state index < -0.39 is 0 Å². The van der Waals surface area contributed by atoms with Crippen molar-refractivity contribution in [1.29, 1.82) is 0 Å². The molecular formula is C16H21N3O. The fraction of sp³-hybridized carbons (Fsp3) is 0.312. The molecule has 1 atom stereocenters. The van der Waals surface area contributed by atoms with E-state index in [9.17, 15) is 0 Å². The summed E-state index contributed by atoms with van der Waals surface area (Å²) >= 11 is 0. The Labute approximate surface area is 120 Å². The molecule has 1 aromatic heterocycles. The van der Waals surface area contributed by atoms with E-state index in [0.29, 0.717) is 5.88 Å². The van der Waals surface area contributed by atoms with Crippen molar-refractivity contribution in [1.82, 2.24) is 10.4 Å². The largest absolute Gasteiger partial charge is 0.481 e. The minimum atomic E-state index is 0.0736. The van der Waals surface area contributed by atoms with Gasteiger partial charge in [-0.3, -0.25) is 11.3 Å². The molecule has 0 aliphatic rings. The van der Waals surface area contributed by atoms with Crippen molar-refractivity contribution in [2.45, 2.75) is 26.3 Å². The first kappa shape index (κ1) is 14.5. The minimum absolute atomic E-state index is 0.0736. The Morgan fingerprint density at radius 1 is 1.20 bits per heavy atom. The van der Waals surface area contributed by atoms with E-state index in [1.807, 2.05) is 18.3 Å². The van der Waals surface area contributed by atoms with E-state index in [-0.39, 0.29) is 6.04 Å². The Bertz CT molecular complexity index is 566. The second kappa shape index (κ2) is 6.50. The maximum atomic E-state index is 5.70. The topological polar surface area (TPSA) is 60.2 Å². The van der Waals surface area contributed by atoms with Gasteiger partial charge in [-0.2, -0.15) is 0 Å². The first-order valence-corrected chi connectivity index (χ1v) is 6.66. The van der Waals surface area contributed by atoms with Gasteiger partial charge in [0.2, 0.25) is 5.88 Å². The van der Waals surface area contributed by atoms with Crippen molar-refractivity contribution in [3.05, 3.63) is 58.8 Å². The third kappa shape index (κ3) is 3.35. The first-order chi connectivity index (χ1) is 9.63. The molecule has 0 aliphatic carbocycles. The average molecular weight is 271 g/mol. The number of aryl methyl sites for hydroxylation is 2. The highest BCUT2D eigenvalue weighted by Gasteiger charge is 2.11. The minimum Gasteiger partial charge on any atom is -0.481 e. The van der Waals surface area contributed by atoms with Crippen LogP contribution in [0.5, 0.6) is 5.88 Å². The van der Waals surface area contributed by atoms with E-state index in [0.717, 1.165) is 12.0 Å². The van der Waals surface area contributed by atoms with Gasteiger partial charge >= 0.3 is 0 Å². The van der Waals surface area contributed by atoms with Crippen LogP contribution in [0.3, 0.4) is 0 Å². The van der Waals surface area contributed by atoms with Gasteiger partial charge in [0, 0.05) is 12.3 Å². The zero-order valence-corrected chi connectivity index (χ0v) is 12.2. The summed E-state index contributed by atoms with van der Waals surface area (Å²) in [4.78, 5) is 4.22. The summed E-state index contributed by atoms with van der Waals surface area (Å²) in [5, 5.41) is 0. The Morgan fingerprint density at radius 2 is 2.00 bits per heavy atom. The van der Waals surface area contributed by atoms with Crippen molar-refractivity contribution >= 4 is 0 Å². The third-order valence-corrected chi connectivity index (χ3v) is 3.58. The van der Waals surface area contributed by atoms with E-state index >= 15 is 0 Å². The number of hydrogen-bond acceptors (Lipinski definition) is 4. The number of aromatic nitrogens is 1. The number of nitrogens with zero attached hydrogens (tertiary/aromatic N) is 1. The first-order valence-electron chi connectivity index (χ1n) is 6.66. The Hall–Kier alpha value is -1.91. The lowest BCUT2D eigenvalue weighted by atomic mass is 9.97. The molecule has 0 bridgehead atoms. The summed E-state index contributed by atoms with van der Waals surface area (Å²) in [6.07, 6.45) is 2.61. The van der Waals surface area contributed by atoms with Crippen LogP contribution >= 0.6 is 0 Å². The second-order valence-electron chi connectivity index (χ2n) is 4.98. The Morgan fingerprint density at radius 3 is 2.55 bits per heavy atom. The molecule has 1 unspecified atom stereocenters. The van der Waals surface area contributed by atoms with E-state index in [1.54, 1.807) is 7.11 Å². The van der Waals surface area contributed by atoms with Gasteiger partial charge < -0.3 is 4.74 Å². The van der Waals surface area contributed by atoms with Gasteiger partial charge in [0.1, 0.15) is 0 Å². The fourth-order valence-corrected chi connectivity index (χ4v) is 2.14. The number of hydrazine groups is 1. The van der Waals surface area contributed by atoms with Crippen molar-refractivity contribution in [3.8, 4) is 5.88 Å². The highest BCUT2D eigenvalue weighted by atomic mass is 16.5. The standard InChI is InChI=1S/C16H21N3O/c1-11-4-6-14(8-12(11)2)15(19-17)9-13-5-7-16(20-3)18-10-13/h4-8,10,15,19H,9,17H2,1-3H3. The summed E-state index contributed by atoms with van der Waals surface area (Å²) in [6, 6.07) is 10.4. The van der Waals surface area contributed by atoms with Gasteiger partial charge in [-0.1, -0.05) is 24.3 Å². The monoisotopic (exact) mass is 271 g/mol. The van der Waals surface area contributed by atoms with Crippen LogP contribution in [0.2, 0.25) is 0 Å². The molecule has 0 amide bonds. The molecular weight excluding hydrogens is 250 g/mol. The molecule has 0 spiro atoms. The molecule has 0 aliphatic heterocycles. The van der Waals surface area contributed by atoms with E-state index in [2.05, 4.69) is 42.5 Å². The molecule has 2 rings (SSSR count). The summed E-state index contributed by atoms with van der Waals surface area (Å²) in [5.41, 5.74) is 7.75. The molecule has 0 saturated carbocycles. The van der Waals surface area contributed by atoms with Crippen LogP contribution in [0.1, 0.15) is 28.3 Å². The summed E-state index contributed by atoms with van der Waals surface area (Å²) in [5.74, 6) is 6.32. The summed E-state index contributed by atoms with van der Waals surface area (Å²) in [7, 11) is 1.61. The molecule has 1 heterocycles. The zero-order valence-electron chi connectivity index (χ0n) is 12.2. The molecule has 3 N–H and O–H groups in total. The molecule has 0 saturated heterocycles. The lowest BCUT2D eigenvalue weighted by molar-refractivity contribution is 0.397. The van der Waals surface area contributed by atoms with Crippen LogP contribution < -0.4 is 16.0 Å². The second-order valence-corrected chi connectivity index (χ2v) is 4.98. The molecule has 0 radical (unpaired) electrons. The number of methoxy groups -OCH3 is 1. The Kier molecular flexibility index (Phi) is 4.71. The summed E-state index contributed by atoms with van der Waals surface area (Å²) in [6.45, 7) is 4.22. The number of benzene rings is 1. The van der Waals surface area contributed by atoms with Gasteiger partial charge in [0.05, 0.1) is 13.2 Å². The zero-order chi connectivity index (χ0) is 14.5. The predicted octanol–water partition coefficient (Wildman–Crippen LogP) is 2.45. The highest BCUT2D eigenvalue weighted by molar-refractivity contribution is 5.32. The van der Waals surface area contributed by atoms with Crippen LogP contribution in [0.4, 0.5) is 0 Å². The molecule has 0 fully saturated rings. The van der Waals surface area contributed by atoms with E-state index in [4.69, 9.17) is 10.6 Å². The fourth-order valence-electron chi connectivity index (χ4n) is 2.14. The molecule has 20 heavy (non-hydrogen) atoms. The maximum Gasteiger partial charge on any atom is 0.212 e. The van der Waals surface area contributed by atoms with Gasteiger partial charge in [0.15, 0.2) is 0 Å². The lowest BCUT2D eigenvalue weighted by Gasteiger charge is -2.17. The van der Waals surface area contributed by atoms with Crippen LogP contribution in [0, 0.1) is 13.8 Å². The van der Waals surface area contributed by atoms with Crippen LogP contribution in [-0.2, 0) is 6.42 Å². The smallest absolute Gasteiger partial charge is 0.212 e. The highest BCUT2D eigenvalue weighted by Crippen LogP contribution is 2.21. The molecule has 4 heteroatoms. The normalized spacial score (nSPS) is 12.2. The maximum absolute atomic E-state index is 5.70. The molecule has 4 nitrogen and oxygen atoms in total. The third-order valence-electron chi connectivity index (χ3n) is 3.58. The van der Waals surface area contributed by atoms with Crippen LogP contribution in [0.15, 0.2) is 36.5 Å². The quantitative estimate of drug-likeness (QED) is 0.648. The predicted molar refractivity (Wildman–Crippen MR) is 80.5 cm³/mol. The van der Waals surface area contributed by atoms with Crippen molar-refractivity contribution in [3.63, 3.8) is 0 Å². The van der Waals surface area contributed by atoms with Crippen molar-refractivity contribution in [2.24, 2.45) is 5.84 Å². The van der Waals surface area contributed by atoms with Gasteiger partial charge in [-0.25, -0.2) is 4.98 Å². The summed E-state index contributed by atoms with van der Waals surface area (Å²) < 4.78 is 5.06. The van der Waals surface area contributed by atoms with E-state index in [1.165, 1.54) is 16.7 Å². The molecule has 2 aromatic rings. The number of nitrogens with one attached hydrogen (secondary N) is 1.